The predicted molar refractivity (Wildman–Crippen MR) is 132 cm³/mol. The van der Waals surface area contributed by atoms with E-state index in [1.807, 2.05) is 29.3 Å². The van der Waals surface area contributed by atoms with E-state index < -0.39 is 0 Å². The third-order valence-corrected chi connectivity index (χ3v) is 7.03. The van der Waals surface area contributed by atoms with Gasteiger partial charge < -0.3 is 20.3 Å². The van der Waals surface area contributed by atoms with Crippen molar-refractivity contribution in [3.05, 3.63) is 55.1 Å². The molecule has 2 N–H and O–H groups in total. The Hall–Kier alpha value is -2.90. The zero-order valence-electron chi connectivity index (χ0n) is 19.4. The number of pyridine rings is 1. The molecule has 0 unspecified atom stereocenters. The molecule has 1 aliphatic heterocycles. The molecule has 0 radical (unpaired) electrons. The van der Waals surface area contributed by atoms with Gasteiger partial charge in [0.25, 0.3) is 0 Å². The van der Waals surface area contributed by atoms with Crippen molar-refractivity contribution in [2.24, 2.45) is 11.7 Å². The minimum Gasteiger partial charge on any atom is -0.491 e. The van der Waals surface area contributed by atoms with Crippen LogP contribution in [0.2, 0.25) is 0 Å². The minimum absolute atomic E-state index is 0.358. The maximum Gasteiger partial charge on any atom is 0.145 e. The Morgan fingerprint density at radius 1 is 0.939 bits per heavy atom. The summed E-state index contributed by atoms with van der Waals surface area (Å²) in [6, 6.07) is 11.0. The SMILES string of the molecule is CN1CCN(c2ccc(-n3cc(-c4ccncc4OCC4CCC(N)CC4)cn3)cc2)CC1. The van der Waals surface area contributed by atoms with Gasteiger partial charge in [0.15, 0.2) is 0 Å². The molecule has 0 spiro atoms. The number of rotatable bonds is 6. The van der Waals surface area contributed by atoms with Gasteiger partial charge in [-0.25, -0.2) is 4.68 Å². The average molecular weight is 447 g/mol. The number of benzene rings is 1. The smallest absolute Gasteiger partial charge is 0.145 e. The average Bonchev–Trinajstić information content (AvgIpc) is 3.35. The second-order valence-electron chi connectivity index (χ2n) is 9.44. The number of nitrogens with two attached hydrogens (primary N) is 1. The van der Waals surface area contributed by atoms with E-state index in [0.717, 1.165) is 74.4 Å². The lowest BCUT2D eigenvalue weighted by Gasteiger charge is -2.34. The van der Waals surface area contributed by atoms with Crippen molar-refractivity contribution < 1.29 is 4.74 Å². The van der Waals surface area contributed by atoms with Crippen molar-refractivity contribution in [2.45, 2.75) is 31.7 Å². The summed E-state index contributed by atoms with van der Waals surface area (Å²) in [5.41, 5.74) is 10.4. The number of hydrogen-bond acceptors (Lipinski definition) is 6. The van der Waals surface area contributed by atoms with Crippen molar-refractivity contribution in [2.75, 3.05) is 44.7 Å². The minimum atomic E-state index is 0.358. The highest BCUT2D eigenvalue weighted by Gasteiger charge is 2.20. The molecule has 3 aromatic rings. The zero-order valence-corrected chi connectivity index (χ0v) is 19.4. The Labute approximate surface area is 196 Å². The van der Waals surface area contributed by atoms with E-state index in [0.29, 0.717) is 18.6 Å². The van der Waals surface area contributed by atoms with Crippen LogP contribution in [0.3, 0.4) is 0 Å². The summed E-state index contributed by atoms with van der Waals surface area (Å²) in [5, 5.41) is 4.62. The summed E-state index contributed by atoms with van der Waals surface area (Å²) >= 11 is 0. The third-order valence-electron chi connectivity index (χ3n) is 7.03. The summed E-state index contributed by atoms with van der Waals surface area (Å²) in [4.78, 5) is 9.11. The van der Waals surface area contributed by atoms with Gasteiger partial charge in [0.1, 0.15) is 5.75 Å². The van der Waals surface area contributed by atoms with Gasteiger partial charge in [0, 0.05) is 61.4 Å². The van der Waals surface area contributed by atoms with Gasteiger partial charge in [-0.2, -0.15) is 5.10 Å². The largest absolute Gasteiger partial charge is 0.491 e. The number of ether oxygens (including phenoxy) is 1. The molecule has 3 heterocycles. The maximum absolute atomic E-state index is 6.22. The van der Waals surface area contributed by atoms with Crippen LogP contribution in [0.5, 0.6) is 5.75 Å². The molecular weight excluding hydrogens is 412 g/mol. The van der Waals surface area contributed by atoms with Gasteiger partial charge in [0.2, 0.25) is 0 Å². The molecule has 2 aliphatic rings. The van der Waals surface area contributed by atoms with Crippen molar-refractivity contribution in [1.82, 2.24) is 19.7 Å². The molecule has 5 rings (SSSR count). The van der Waals surface area contributed by atoms with Gasteiger partial charge in [-0.1, -0.05) is 0 Å². The fraction of sp³-hybridized carbons (Fsp3) is 0.462. The first kappa shape index (κ1) is 21.9. The molecule has 1 saturated carbocycles. The van der Waals surface area contributed by atoms with E-state index in [9.17, 15) is 0 Å². The normalized spacial score (nSPS) is 21.8. The second-order valence-corrected chi connectivity index (χ2v) is 9.44. The lowest BCUT2D eigenvalue weighted by atomic mass is 9.87. The van der Waals surface area contributed by atoms with Gasteiger partial charge >= 0.3 is 0 Å². The Bertz CT molecular complexity index is 1030. The first-order chi connectivity index (χ1) is 16.2. The van der Waals surface area contributed by atoms with Crippen LogP contribution in [0.1, 0.15) is 25.7 Å². The van der Waals surface area contributed by atoms with Gasteiger partial charge in [0.05, 0.1) is 24.7 Å². The number of hydrogen-bond donors (Lipinski definition) is 1. The lowest BCUT2D eigenvalue weighted by molar-refractivity contribution is 0.200. The van der Waals surface area contributed by atoms with Crippen LogP contribution in [0, 0.1) is 5.92 Å². The zero-order chi connectivity index (χ0) is 22.6. The number of anilines is 1. The van der Waals surface area contributed by atoms with Gasteiger partial charge in [-0.3, -0.25) is 4.98 Å². The molecule has 1 saturated heterocycles. The van der Waals surface area contributed by atoms with Crippen LogP contribution in [-0.4, -0.2) is 65.5 Å². The monoisotopic (exact) mass is 446 g/mol. The molecular formula is C26H34N6O. The van der Waals surface area contributed by atoms with E-state index >= 15 is 0 Å². The van der Waals surface area contributed by atoms with E-state index in [1.165, 1.54) is 5.69 Å². The number of piperazine rings is 1. The lowest BCUT2D eigenvalue weighted by Crippen LogP contribution is -2.44. The van der Waals surface area contributed by atoms with E-state index in [1.54, 1.807) is 0 Å². The maximum atomic E-state index is 6.22. The molecule has 2 fully saturated rings. The third kappa shape index (κ3) is 5.20. The molecule has 7 heteroatoms. The van der Waals surface area contributed by atoms with Crippen molar-refractivity contribution in [3.63, 3.8) is 0 Å². The summed E-state index contributed by atoms with van der Waals surface area (Å²) in [6.45, 7) is 5.07. The van der Waals surface area contributed by atoms with E-state index in [2.05, 4.69) is 57.4 Å². The molecule has 7 nitrogen and oxygen atoms in total. The van der Waals surface area contributed by atoms with Crippen LogP contribution in [0.15, 0.2) is 55.1 Å². The Morgan fingerprint density at radius 2 is 1.67 bits per heavy atom. The van der Waals surface area contributed by atoms with Gasteiger partial charge in [-0.15, -0.1) is 0 Å². The summed E-state index contributed by atoms with van der Waals surface area (Å²) < 4.78 is 8.15. The molecule has 1 aliphatic carbocycles. The molecule has 174 valence electrons. The topological polar surface area (TPSA) is 72.4 Å². The highest BCUT2D eigenvalue weighted by Crippen LogP contribution is 2.31. The van der Waals surface area contributed by atoms with Crippen molar-refractivity contribution >= 4 is 5.69 Å². The molecule has 1 aromatic carbocycles. The molecule has 2 aromatic heterocycles. The first-order valence-electron chi connectivity index (χ1n) is 12.1. The summed E-state index contributed by atoms with van der Waals surface area (Å²) in [5.74, 6) is 1.39. The molecule has 0 atom stereocenters. The standard InChI is InChI=1S/C26H34N6O/c1-30-12-14-31(15-13-30)23-6-8-24(9-7-23)32-18-21(16-29-32)25-10-11-28-17-26(25)33-19-20-2-4-22(27)5-3-20/h6-11,16-18,20,22H,2-5,12-15,19,27H2,1H3. The first-order valence-corrected chi connectivity index (χ1v) is 12.1. The Balaban J connectivity index is 1.27. The van der Waals surface area contributed by atoms with Gasteiger partial charge in [-0.05, 0) is 69.0 Å². The van der Waals surface area contributed by atoms with Crippen LogP contribution in [0.25, 0.3) is 16.8 Å². The predicted octanol–water partition coefficient (Wildman–Crippen LogP) is 3.58. The number of nitrogens with zero attached hydrogens (tertiary/aromatic N) is 5. The fourth-order valence-electron chi connectivity index (χ4n) is 4.78. The highest BCUT2D eigenvalue weighted by molar-refractivity contribution is 5.68. The Morgan fingerprint density at radius 3 is 2.42 bits per heavy atom. The number of aromatic nitrogens is 3. The second kappa shape index (κ2) is 9.93. The van der Waals surface area contributed by atoms with Crippen LogP contribution in [-0.2, 0) is 0 Å². The van der Waals surface area contributed by atoms with Crippen LogP contribution < -0.4 is 15.4 Å². The highest BCUT2D eigenvalue weighted by atomic mass is 16.5. The molecule has 33 heavy (non-hydrogen) atoms. The molecule has 0 amide bonds. The molecule has 0 bridgehead atoms. The number of likely N-dealkylation sites (N-methyl/N-ethyl adjacent to an activating group) is 1. The van der Waals surface area contributed by atoms with Crippen molar-refractivity contribution in [1.29, 1.82) is 0 Å². The van der Waals surface area contributed by atoms with E-state index in [4.69, 9.17) is 10.5 Å². The van der Waals surface area contributed by atoms with Crippen LogP contribution >= 0.6 is 0 Å². The summed E-state index contributed by atoms with van der Waals surface area (Å²) in [6.07, 6.45) is 12.0. The van der Waals surface area contributed by atoms with Crippen molar-refractivity contribution in [3.8, 4) is 22.6 Å². The quantitative estimate of drug-likeness (QED) is 0.624. The van der Waals surface area contributed by atoms with E-state index in [-0.39, 0.29) is 0 Å². The summed E-state index contributed by atoms with van der Waals surface area (Å²) in [7, 11) is 2.18. The van der Waals surface area contributed by atoms with Crippen LogP contribution in [0.4, 0.5) is 5.69 Å². The Kier molecular flexibility index (Phi) is 6.60. The fourth-order valence-corrected chi connectivity index (χ4v) is 4.78.